The third-order valence-corrected chi connectivity index (χ3v) is 6.30. The van der Waals surface area contributed by atoms with Crippen LogP contribution in [0.15, 0.2) is 24.5 Å². The fourth-order valence-corrected chi connectivity index (χ4v) is 4.15. The largest absolute Gasteiger partial charge is 0.492 e. The van der Waals surface area contributed by atoms with Crippen LogP contribution in [0.1, 0.15) is 85.9 Å². The fraction of sp³-hybridized carbons (Fsp3) is 0.645. The number of carbonyl (C=O) groups is 1. The Kier molecular flexibility index (Phi) is 11.7. The van der Waals surface area contributed by atoms with Gasteiger partial charge in [0.05, 0.1) is 48.4 Å². The van der Waals surface area contributed by atoms with Crippen molar-refractivity contribution in [3.05, 3.63) is 35.8 Å². The fourth-order valence-electron chi connectivity index (χ4n) is 4.15. The first kappa shape index (κ1) is 32.5. The topological polar surface area (TPSA) is 105 Å². The Morgan fingerprint density at radius 2 is 1.72 bits per heavy atom. The van der Waals surface area contributed by atoms with Gasteiger partial charge < -0.3 is 24.6 Å². The molecule has 1 unspecified atom stereocenters. The number of anilines is 1. The Morgan fingerprint density at radius 3 is 2.23 bits per heavy atom. The first-order valence-electron chi connectivity index (χ1n) is 14.0. The Labute approximate surface area is 234 Å². The molecule has 1 fully saturated rings. The van der Waals surface area contributed by atoms with E-state index < -0.39 is 11.7 Å². The van der Waals surface area contributed by atoms with Crippen LogP contribution in [0.3, 0.4) is 0 Å². The summed E-state index contributed by atoms with van der Waals surface area (Å²) < 4.78 is 11.2. The lowest BCUT2D eigenvalue weighted by Gasteiger charge is -2.40. The Balaban J connectivity index is 0.000000976. The number of nitrogens with zero attached hydrogens (tertiary/aromatic N) is 3. The van der Waals surface area contributed by atoms with Crippen molar-refractivity contribution >= 4 is 11.7 Å². The summed E-state index contributed by atoms with van der Waals surface area (Å²) in [6.45, 7) is 19.5. The van der Waals surface area contributed by atoms with Crippen LogP contribution in [-0.4, -0.2) is 63.7 Å². The molecule has 1 saturated heterocycles. The lowest BCUT2D eigenvalue weighted by Crippen LogP contribution is -2.38. The first-order chi connectivity index (χ1) is 18.1. The lowest BCUT2D eigenvalue weighted by molar-refractivity contribution is -0.146. The molecule has 8 heteroatoms. The van der Waals surface area contributed by atoms with Gasteiger partial charge in [-0.05, 0) is 78.9 Å². The van der Waals surface area contributed by atoms with Gasteiger partial charge in [0.25, 0.3) is 0 Å². The number of carbonyl (C=O) groups excluding carboxylic acids is 1. The van der Waals surface area contributed by atoms with E-state index in [1.807, 2.05) is 39.1 Å². The van der Waals surface area contributed by atoms with Gasteiger partial charge in [0.15, 0.2) is 0 Å². The quantitative estimate of drug-likeness (QED) is 0.400. The molecule has 2 N–H and O–H groups in total. The highest BCUT2D eigenvalue weighted by Gasteiger charge is 2.30. The minimum atomic E-state index is -0.500. The van der Waals surface area contributed by atoms with Crippen LogP contribution < -0.4 is 9.64 Å². The van der Waals surface area contributed by atoms with Crippen molar-refractivity contribution in [3.8, 4) is 17.0 Å². The second-order valence-electron chi connectivity index (χ2n) is 12.5. The van der Waals surface area contributed by atoms with Gasteiger partial charge in [0.1, 0.15) is 5.75 Å². The third kappa shape index (κ3) is 11.5. The molecule has 0 radical (unpaired) electrons. The maximum atomic E-state index is 12.6. The number of aliphatic hydroxyl groups excluding tert-OH is 1. The monoisotopic (exact) mass is 543 g/mol. The summed E-state index contributed by atoms with van der Waals surface area (Å²) in [6.07, 6.45) is 5.90. The summed E-state index contributed by atoms with van der Waals surface area (Å²) in [5, 5.41) is 17.9. The van der Waals surface area contributed by atoms with Crippen LogP contribution >= 0.6 is 0 Å². The number of hydrogen-bond donors (Lipinski definition) is 2. The summed E-state index contributed by atoms with van der Waals surface area (Å²) in [5.41, 5.74) is 4.27. The molecular formula is C31H49N3O5. The smallest absolute Gasteiger partial charge is 0.310 e. The van der Waals surface area contributed by atoms with Gasteiger partial charge in [-0.15, -0.1) is 0 Å². The van der Waals surface area contributed by atoms with Gasteiger partial charge >= 0.3 is 5.97 Å². The molecule has 1 atom stereocenters. The number of ether oxygens (including phenoxy) is 2. The molecule has 218 valence electrons. The summed E-state index contributed by atoms with van der Waals surface area (Å²) in [4.78, 5) is 24.3. The molecule has 0 amide bonds. The molecule has 0 aromatic carbocycles. The molecule has 1 aliphatic heterocycles. The van der Waals surface area contributed by atoms with Gasteiger partial charge in [-0.2, -0.15) is 0 Å². The molecule has 1 aliphatic rings. The SMILES string of the molecule is CC(C)(C)O.Cc1ncc(-c2ccc(OCCC(C)O)cn2)c(N2CCC(C)(C)CC2)c1CC(=O)OC(C)C. The van der Waals surface area contributed by atoms with E-state index in [0.29, 0.717) is 24.2 Å². The van der Waals surface area contributed by atoms with E-state index in [4.69, 9.17) is 14.6 Å². The van der Waals surface area contributed by atoms with Crippen molar-refractivity contribution in [2.45, 2.75) is 106 Å². The van der Waals surface area contributed by atoms with Crippen molar-refractivity contribution in [1.82, 2.24) is 9.97 Å². The first-order valence-corrected chi connectivity index (χ1v) is 14.0. The van der Waals surface area contributed by atoms with Crippen LogP contribution in [0.5, 0.6) is 5.75 Å². The highest BCUT2D eigenvalue weighted by atomic mass is 16.5. The average Bonchev–Trinajstić information content (AvgIpc) is 2.79. The number of aromatic nitrogens is 2. The van der Waals surface area contributed by atoms with E-state index in [1.54, 1.807) is 33.9 Å². The van der Waals surface area contributed by atoms with Crippen LogP contribution in [0.25, 0.3) is 11.3 Å². The molecule has 8 nitrogen and oxygen atoms in total. The van der Waals surface area contributed by atoms with Gasteiger partial charge in [0, 0.05) is 42.5 Å². The highest BCUT2D eigenvalue weighted by molar-refractivity contribution is 5.84. The maximum absolute atomic E-state index is 12.6. The van der Waals surface area contributed by atoms with Gasteiger partial charge in [-0.3, -0.25) is 14.8 Å². The zero-order valence-corrected chi connectivity index (χ0v) is 25.4. The summed E-state index contributed by atoms with van der Waals surface area (Å²) in [5.74, 6) is 0.414. The third-order valence-electron chi connectivity index (χ3n) is 6.30. The predicted molar refractivity (Wildman–Crippen MR) is 156 cm³/mol. The molecule has 0 spiro atoms. The second-order valence-corrected chi connectivity index (χ2v) is 12.5. The molecular weight excluding hydrogens is 494 g/mol. The van der Waals surface area contributed by atoms with Crippen LogP contribution in [0, 0.1) is 12.3 Å². The summed E-state index contributed by atoms with van der Waals surface area (Å²) in [6, 6.07) is 3.82. The van der Waals surface area contributed by atoms with Crippen molar-refractivity contribution in [3.63, 3.8) is 0 Å². The highest BCUT2D eigenvalue weighted by Crippen LogP contribution is 2.39. The zero-order chi connectivity index (χ0) is 29.4. The van der Waals surface area contributed by atoms with Crippen LogP contribution in [0.4, 0.5) is 5.69 Å². The van der Waals surface area contributed by atoms with Gasteiger partial charge in [-0.1, -0.05) is 13.8 Å². The van der Waals surface area contributed by atoms with E-state index in [9.17, 15) is 9.90 Å². The number of piperidine rings is 1. The van der Waals surface area contributed by atoms with Crippen molar-refractivity contribution in [2.24, 2.45) is 5.41 Å². The lowest BCUT2D eigenvalue weighted by atomic mass is 9.82. The number of hydrogen-bond acceptors (Lipinski definition) is 8. The molecule has 0 saturated carbocycles. The molecule has 2 aromatic rings. The number of pyridine rings is 2. The minimum Gasteiger partial charge on any atom is -0.492 e. The van der Waals surface area contributed by atoms with E-state index in [2.05, 4.69) is 28.7 Å². The number of aliphatic hydroxyl groups is 2. The normalized spacial score (nSPS) is 15.8. The van der Waals surface area contributed by atoms with Gasteiger partial charge in [-0.25, -0.2) is 0 Å². The summed E-state index contributed by atoms with van der Waals surface area (Å²) in [7, 11) is 0. The molecule has 39 heavy (non-hydrogen) atoms. The number of rotatable bonds is 9. The predicted octanol–water partition coefficient (Wildman–Crippen LogP) is 5.50. The zero-order valence-electron chi connectivity index (χ0n) is 25.4. The Bertz CT molecular complexity index is 1040. The Morgan fingerprint density at radius 1 is 1.10 bits per heavy atom. The van der Waals surface area contributed by atoms with Crippen molar-refractivity contribution < 1.29 is 24.5 Å². The van der Waals surface area contributed by atoms with E-state index in [1.165, 1.54) is 0 Å². The van der Waals surface area contributed by atoms with Crippen molar-refractivity contribution in [2.75, 3.05) is 24.6 Å². The van der Waals surface area contributed by atoms with Gasteiger partial charge in [0.2, 0.25) is 0 Å². The number of esters is 1. The maximum Gasteiger partial charge on any atom is 0.310 e. The van der Waals surface area contributed by atoms with Crippen LogP contribution in [0.2, 0.25) is 0 Å². The number of aryl methyl sites for hydroxylation is 1. The van der Waals surface area contributed by atoms with Crippen molar-refractivity contribution in [1.29, 1.82) is 0 Å². The van der Waals surface area contributed by atoms with Crippen LogP contribution in [-0.2, 0) is 16.0 Å². The second kappa shape index (κ2) is 14.1. The molecule has 3 heterocycles. The van der Waals surface area contributed by atoms with E-state index in [-0.39, 0.29) is 18.5 Å². The summed E-state index contributed by atoms with van der Waals surface area (Å²) >= 11 is 0. The van der Waals surface area contributed by atoms with E-state index >= 15 is 0 Å². The molecule has 2 aromatic heterocycles. The molecule has 0 bridgehead atoms. The Hall–Kier alpha value is -2.71. The van der Waals surface area contributed by atoms with E-state index in [0.717, 1.165) is 54.1 Å². The standard InChI is InChI=1S/C27H39N3O4.C4H10O/c1-18(2)34-25(32)15-22-20(4)28-17-23(26(22)30-12-10-27(5,6)11-13-30)24-8-7-21(16-29-24)33-14-9-19(3)31;1-4(2,3)5/h7-8,16-19,31H,9-15H2,1-6H3;5H,1-3H3. The molecule has 0 aliphatic carbocycles. The molecule has 3 rings (SSSR count). The minimum absolute atomic E-state index is 0.161. The average molecular weight is 544 g/mol.